The number of piperidine rings is 1. The van der Waals surface area contributed by atoms with E-state index in [2.05, 4.69) is 5.32 Å². The highest BCUT2D eigenvalue weighted by atomic mass is 16.5. The molecule has 0 atom stereocenters. The molecular weight excluding hydrogens is 236 g/mol. The van der Waals surface area contributed by atoms with Crippen LogP contribution in [0.1, 0.15) is 19.3 Å². The van der Waals surface area contributed by atoms with Crippen LogP contribution in [-0.2, 0) is 19.1 Å². The predicted molar refractivity (Wildman–Crippen MR) is 66.1 cm³/mol. The van der Waals surface area contributed by atoms with Crippen LogP contribution < -0.4 is 5.32 Å². The molecule has 0 bridgehead atoms. The molecule has 0 unspecified atom stereocenters. The first kappa shape index (κ1) is 14.9. The molecule has 1 heterocycles. The third-order valence-electron chi connectivity index (χ3n) is 2.76. The van der Waals surface area contributed by atoms with Gasteiger partial charge in [-0.1, -0.05) is 0 Å². The van der Waals surface area contributed by atoms with Crippen LogP contribution in [0.5, 0.6) is 0 Å². The minimum absolute atomic E-state index is 0.0766. The summed E-state index contributed by atoms with van der Waals surface area (Å²) in [5.74, 6) is -0.0478. The number of hydrogen-bond donors (Lipinski definition) is 1. The van der Waals surface area contributed by atoms with Crippen LogP contribution in [0.2, 0.25) is 0 Å². The Hall–Kier alpha value is -1.14. The number of methoxy groups -OCH3 is 1. The van der Waals surface area contributed by atoms with Crippen LogP contribution >= 0.6 is 0 Å². The van der Waals surface area contributed by atoms with Crippen LogP contribution in [0.15, 0.2) is 0 Å². The summed E-state index contributed by atoms with van der Waals surface area (Å²) in [5.41, 5.74) is 0. The van der Waals surface area contributed by atoms with Gasteiger partial charge in [-0.3, -0.25) is 9.59 Å². The van der Waals surface area contributed by atoms with Crippen molar-refractivity contribution in [1.82, 2.24) is 10.2 Å². The molecule has 0 aromatic carbocycles. The maximum Gasteiger partial charge on any atom is 0.239 e. The van der Waals surface area contributed by atoms with Crippen molar-refractivity contribution in [1.29, 1.82) is 0 Å². The molecule has 104 valence electrons. The van der Waals surface area contributed by atoms with Gasteiger partial charge < -0.3 is 19.7 Å². The summed E-state index contributed by atoms with van der Waals surface area (Å²) in [6, 6.07) is 0. The minimum atomic E-state index is -0.124. The van der Waals surface area contributed by atoms with E-state index in [9.17, 15) is 9.59 Å². The van der Waals surface area contributed by atoms with Crippen molar-refractivity contribution in [2.24, 2.45) is 0 Å². The number of ether oxygens (including phenoxy) is 2. The van der Waals surface area contributed by atoms with E-state index in [0.29, 0.717) is 39.3 Å². The summed E-state index contributed by atoms with van der Waals surface area (Å²) in [4.78, 5) is 24.7. The molecule has 1 rings (SSSR count). The van der Waals surface area contributed by atoms with E-state index >= 15 is 0 Å². The molecule has 1 N–H and O–H groups in total. The highest BCUT2D eigenvalue weighted by molar-refractivity contribution is 5.85. The van der Waals surface area contributed by atoms with Crippen LogP contribution in [0.3, 0.4) is 0 Å². The largest absolute Gasteiger partial charge is 0.382 e. The number of carbonyl (C=O) groups excluding carboxylic acids is 2. The quantitative estimate of drug-likeness (QED) is 0.611. The Morgan fingerprint density at radius 2 is 2.17 bits per heavy atom. The number of nitrogens with zero attached hydrogens (tertiary/aromatic N) is 1. The van der Waals surface area contributed by atoms with Crippen molar-refractivity contribution in [3.05, 3.63) is 0 Å². The predicted octanol–water partition coefficient (Wildman–Crippen LogP) is -0.222. The summed E-state index contributed by atoms with van der Waals surface area (Å²) in [6.07, 6.45) is 2.48. The second-order valence-electron chi connectivity index (χ2n) is 4.23. The molecule has 1 saturated heterocycles. The standard InChI is InChI=1S/C12H22N2O4/c1-17-8-9-18-7-5-13-11(15)10-14-6-3-2-4-12(14)16/h2-10H2,1H3,(H,13,15). The van der Waals surface area contributed by atoms with E-state index in [1.54, 1.807) is 12.0 Å². The lowest BCUT2D eigenvalue weighted by atomic mass is 10.1. The van der Waals surface area contributed by atoms with E-state index in [1.165, 1.54) is 0 Å². The fourth-order valence-corrected chi connectivity index (χ4v) is 1.77. The number of rotatable bonds is 8. The SMILES string of the molecule is COCCOCCNC(=O)CN1CCCCC1=O. The minimum Gasteiger partial charge on any atom is -0.382 e. The van der Waals surface area contributed by atoms with Crippen LogP contribution in [0.25, 0.3) is 0 Å². The van der Waals surface area contributed by atoms with Gasteiger partial charge in [0, 0.05) is 26.6 Å². The van der Waals surface area contributed by atoms with Crippen LogP contribution in [0, 0.1) is 0 Å². The van der Waals surface area contributed by atoms with Crippen molar-refractivity contribution >= 4 is 11.8 Å². The Kier molecular flexibility index (Phi) is 7.36. The number of carbonyl (C=O) groups is 2. The number of hydrogen-bond acceptors (Lipinski definition) is 4. The fourth-order valence-electron chi connectivity index (χ4n) is 1.77. The third-order valence-corrected chi connectivity index (χ3v) is 2.76. The van der Waals surface area contributed by atoms with Crippen molar-refractivity contribution in [3.8, 4) is 0 Å². The first-order valence-electron chi connectivity index (χ1n) is 6.35. The van der Waals surface area contributed by atoms with E-state index in [-0.39, 0.29) is 18.4 Å². The lowest BCUT2D eigenvalue weighted by Gasteiger charge is -2.25. The smallest absolute Gasteiger partial charge is 0.239 e. The van der Waals surface area contributed by atoms with E-state index in [0.717, 1.165) is 12.8 Å². The van der Waals surface area contributed by atoms with Crippen molar-refractivity contribution < 1.29 is 19.1 Å². The van der Waals surface area contributed by atoms with E-state index in [1.807, 2.05) is 0 Å². The highest BCUT2D eigenvalue weighted by Gasteiger charge is 2.19. The molecule has 18 heavy (non-hydrogen) atoms. The van der Waals surface area contributed by atoms with Gasteiger partial charge in [-0.05, 0) is 12.8 Å². The molecule has 0 aliphatic carbocycles. The average Bonchev–Trinajstić information content (AvgIpc) is 2.36. The van der Waals surface area contributed by atoms with Gasteiger partial charge in [0.2, 0.25) is 11.8 Å². The molecule has 6 nitrogen and oxygen atoms in total. The van der Waals surface area contributed by atoms with Crippen LogP contribution in [0.4, 0.5) is 0 Å². The second kappa shape index (κ2) is 8.88. The fraction of sp³-hybridized carbons (Fsp3) is 0.833. The van der Waals surface area contributed by atoms with Crippen molar-refractivity contribution in [3.63, 3.8) is 0 Å². The Bertz CT molecular complexity index is 271. The molecule has 1 fully saturated rings. The first-order valence-corrected chi connectivity index (χ1v) is 6.35. The summed E-state index contributed by atoms with van der Waals surface area (Å²) >= 11 is 0. The van der Waals surface area contributed by atoms with Gasteiger partial charge in [0.05, 0.1) is 26.4 Å². The number of likely N-dealkylation sites (tertiary alicyclic amines) is 1. The molecular formula is C12H22N2O4. The zero-order chi connectivity index (χ0) is 13.2. The van der Waals surface area contributed by atoms with Gasteiger partial charge in [-0.25, -0.2) is 0 Å². The van der Waals surface area contributed by atoms with Gasteiger partial charge in [-0.2, -0.15) is 0 Å². The molecule has 6 heteroatoms. The maximum absolute atomic E-state index is 11.6. The molecule has 0 radical (unpaired) electrons. The van der Waals surface area contributed by atoms with Crippen LogP contribution in [-0.4, -0.2) is 63.3 Å². The van der Waals surface area contributed by atoms with Crippen molar-refractivity contribution in [2.45, 2.75) is 19.3 Å². The normalized spacial score (nSPS) is 15.8. The lowest BCUT2D eigenvalue weighted by molar-refractivity contribution is -0.137. The Balaban J connectivity index is 2.04. The molecule has 0 spiro atoms. The third kappa shape index (κ3) is 5.97. The number of amides is 2. The summed E-state index contributed by atoms with van der Waals surface area (Å²) in [6.45, 7) is 2.86. The van der Waals surface area contributed by atoms with Crippen molar-refractivity contribution in [2.75, 3.05) is 46.6 Å². The zero-order valence-corrected chi connectivity index (χ0v) is 10.9. The monoisotopic (exact) mass is 258 g/mol. The number of nitrogens with one attached hydrogen (secondary N) is 1. The summed E-state index contributed by atoms with van der Waals surface area (Å²) < 4.78 is 10.0. The van der Waals surface area contributed by atoms with Gasteiger partial charge in [0.25, 0.3) is 0 Å². The summed E-state index contributed by atoms with van der Waals surface area (Å²) in [5, 5.41) is 2.73. The molecule has 0 aromatic rings. The van der Waals surface area contributed by atoms with Gasteiger partial charge >= 0.3 is 0 Å². The molecule has 0 saturated carbocycles. The average molecular weight is 258 g/mol. The Labute approximate surface area is 108 Å². The van der Waals surface area contributed by atoms with Gasteiger partial charge in [0.15, 0.2) is 0 Å². The molecule has 1 aliphatic heterocycles. The summed E-state index contributed by atoms with van der Waals surface area (Å²) in [7, 11) is 1.61. The molecule has 1 aliphatic rings. The van der Waals surface area contributed by atoms with E-state index in [4.69, 9.17) is 9.47 Å². The topological polar surface area (TPSA) is 67.9 Å². The van der Waals surface area contributed by atoms with Gasteiger partial charge in [-0.15, -0.1) is 0 Å². The highest BCUT2D eigenvalue weighted by Crippen LogP contribution is 2.09. The van der Waals surface area contributed by atoms with E-state index < -0.39 is 0 Å². The Morgan fingerprint density at radius 3 is 2.89 bits per heavy atom. The Morgan fingerprint density at radius 1 is 1.33 bits per heavy atom. The zero-order valence-electron chi connectivity index (χ0n) is 10.9. The second-order valence-corrected chi connectivity index (χ2v) is 4.23. The maximum atomic E-state index is 11.6. The lowest BCUT2D eigenvalue weighted by Crippen LogP contribution is -2.43. The molecule has 0 aromatic heterocycles. The first-order chi connectivity index (χ1) is 8.74. The molecule has 2 amide bonds. The van der Waals surface area contributed by atoms with Gasteiger partial charge in [0.1, 0.15) is 0 Å².